The van der Waals surface area contributed by atoms with Crippen LogP contribution in [0.25, 0.3) is 15.8 Å². The van der Waals surface area contributed by atoms with Gasteiger partial charge in [-0.2, -0.15) is 0 Å². The number of nitrogens with zero attached hydrogens (tertiary/aromatic N) is 3. The molecule has 4 nitrogen and oxygen atoms in total. The summed E-state index contributed by atoms with van der Waals surface area (Å²) in [5.41, 5.74) is 3.69. The van der Waals surface area contributed by atoms with Crippen LogP contribution in [0.4, 0.5) is 0 Å². The van der Waals surface area contributed by atoms with Crippen LogP contribution in [-0.2, 0) is 4.79 Å². The van der Waals surface area contributed by atoms with Crippen LogP contribution in [0.5, 0.6) is 0 Å². The van der Waals surface area contributed by atoms with E-state index in [0.717, 1.165) is 42.9 Å². The second-order valence-electron chi connectivity index (χ2n) is 7.83. The summed E-state index contributed by atoms with van der Waals surface area (Å²) in [5.74, 6) is 0.237. The van der Waals surface area contributed by atoms with Crippen LogP contribution in [0.15, 0.2) is 60.7 Å². The summed E-state index contributed by atoms with van der Waals surface area (Å²) in [7, 11) is 0. The van der Waals surface area contributed by atoms with E-state index in [0.29, 0.717) is 13.1 Å². The summed E-state index contributed by atoms with van der Waals surface area (Å²) in [4.78, 5) is 22.2. The third-order valence-electron chi connectivity index (χ3n) is 6.00. The molecule has 1 atom stereocenters. The molecular formula is C24H25N3OS. The number of rotatable bonds is 4. The summed E-state index contributed by atoms with van der Waals surface area (Å²) < 4.78 is 1.23. The number of likely N-dealkylation sites (tertiary alicyclic amines) is 1. The van der Waals surface area contributed by atoms with Crippen molar-refractivity contribution in [3.8, 4) is 0 Å². The van der Waals surface area contributed by atoms with Crippen LogP contribution >= 0.6 is 11.3 Å². The van der Waals surface area contributed by atoms with Crippen molar-refractivity contribution < 1.29 is 4.79 Å². The lowest BCUT2D eigenvalue weighted by atomic mass is 9.99. The Kier molecular flexibility index (Phi) is 5.17. The molecule has 1 aromatic heterocycles. The molecule has 1 amide bonds. The van der Waals surface area contributed by atoms with E-state index in [4.69, 9.17) is 4.98 Å². The second kappa shape index (κ2) is 8.09. The van der Waals surface area contributed by atoms with E-state index in [1.54, 1.807) is 11.3 Å². The lowest BCUT2D eigenvalue weighted by molar-refractivity contribution is -0.132. The maximum Gasteiger partial charge on any atom is 0.237 e. The maximum absolute atomic E-state index is 13.0. The van der Waals surface area contributed by atoms with Gasteiger partial charge in [-0.15, -0.1) is 11.3 Å². The van der Waals surface area contributed by atoms with Crippen molar-refractivity contribution in [1.29, 1.82) is 0 Å². The Morgan fingerprint density at radius 1 is 1.07 bits per heavy atom. The number of hydrogen-bond acceptors (Lipinski definition) is 4. The molecule has 5 heteroatoms. The first-order chi connectivity index (χ1) is 14.3. The van der Waals surface area contributed by atoms with Crippen molar-refractivity contribution >= 4 is 33.0 Å². The molecule has 0 aliphatic carbocycles. The summed E-state index contributed by atoms with van der Waals surface area (Å²) >= 11 is 1.77. The van der Waals surface area contributed by atoms with Crippen molar-refractivity contribution in [2.45, 2.75) is 25.3 Å². The third kappa shape index (κ3) is 3.85. The lowest BCUT2D eigenvalue weighted by Crippen LogP contribution is -2.42. The Bertz CT molecular complexity index is 1010. The molecule has 29 heavy (non-hydrogen) atoms. The van der Waals surface area contributed by atoms with Crippen molar-refractivity contribution in [2.75, 3.05) is 26.2 Å². The van der Waals surface area contributed by atoms with E-state index in [1.807, 2.05) is 17.0 Å². The molecule has 0 N–H and O–H groups in total. The van der Waals surface area contributed by atoms with Crippen LogP contribution < -0.4 is 0 Å². The van der Waals surface area contributed by atoms with Gasteiger partial charge < -0.3 is 4.90 Å². The van der Waals surface area contributed by atoms with Crippen LogP contribution in [0.3, 0.4) is 0 Å². The zero-order valence-corrected chi connectivity index (χ0v) is 17.3. The number of thiazole rings is 1. The van der Waals surface area contributed by atoms with Gasteiger partial charge in [0.2, 0.25) is 5.91 Å². The number of para-hydroxylation sites is 1. The van der Waals surface area contributed by atoms with Crippen LogP contribution in [0.2, 0.25) is 0 Å². The van der Waals surface area contributed by atoms with Gasteiger partial charge in [-0.05, 0) is 49.1 Å². The van der Waals surface area contributed by atoms with Gasteiger partial charge in [-0.25, -0.2) is 4.98 Å². The number of amides is 1. The monoisotopic (exact) mass is 403 g/mol. The molecular weight excluding hydrogens is 378 g/mol. The molecule has 5 rings (SSSR count). The van der Waals surface area contributed by atoms with Gasteiger partial charge in [-0.3, -0.25) is 9.69 Å². The zero-order chi connectivity index (χ0) is 19.6. The Hall–Kier alpha value is -2.50. The summed E-state index contributed by atoms with van der Waals surface area (Å²) in [6.45, 7) is 2.99. The van der Waals surface area contributed by atoms with Crippen molar-refractivity contribution in [1.82, 2.24) is 14.8 Å². The van der Waals surface area contributed by atoms with Gasteiger partial charge in [-0.1, -0.05) is 48.5 Å². The number of benzene rings is 2. The van der Waals surface area contributed by atoms with E-state index in [1.165, 1.54) is 15.8 Å². The fourth-order valence-corrected chi connectivity index (χ4v) is 5.55. The van der Waals surface area contributed by atoms with Gasteiger partial charge in [0.25, 0.3) is 0 Å². The standard InChI is InChI=1S/C24H25N3OS/c28-23(26-15-12-19(13-16-26)18-7-2-1-3-8-18)17-27-14-6-10-21(27)24-25-20-9-4-5-11-22(20)29-24/h1-5,7-9,11-12,21H,6,10,13-17H2. The van der Waals surface area contributed by atoms with Crippen molar-refractivity contribution in [2.24, 2.45) is 0 Å². The van der Waals surface area contributed by atoms with Crippen LogP contribution in [-0.4, -0.2) is 46.9 Å². The van der Waals surface area contributed by atoms with E-state index < -0.39 is 0 Å². The molecule has 2 aliphatic heterocycles. The summed E-state index contributed by atoms with van der Waals surface area (Å²) in [5, 5.41) is 1.15. The van der Waals surface area contributed by atoms with E-state index in [-0.39, 0.29) is 11.9 Å². The van der Waals surface area contributed by atoms with E-state index >= 15 is 0 Å². The Balaban J connectivity index is 1.25. The maximum atomic E-state index is 13.0. The normalized spacial score (nSPS) is 20.2. The molecule has 3 aromatic rings. The predicted octanol–water partition coefficient (Wildman–Crippen LogP) is 4.75. The third-order valence-corrected chi connectivity index (χ3v) is 7.14. The van der Waals surface area contributed by atoms with E-state index in [9.17, 15) is 4.79 Å². The van der Waals surface area contributed by atoms with Gasteiger partial charge >= 0.3 is 0 Å². The molecule has 1 fully saturated rings. The quantitative estimate of drug-likeness (QED) is 0.631. The van der Waals surface area contributed by atoms with E-state index in [2.05, 4.69) is 53.4 Å². The van der Waals surface area contributed by atoms with Gasteiger partial charge in [0.15, 0.2) is 0 Å². The number of carbonyl (C=O) groups excluding carboxylic acids is 1. The lowest BCUT2D eigenvalue weighted by Gasteiger charge is -2.30. The molecule has 0 bridgehead atoms. The van der Waals surface area contributed by atoms with Gasteiger partial charge in [0.1, 0.15) is 5.01 Å². The summed E-state index contributed by atoms with van der Waals surface area (Å²) in [6, 6.07) is 19.1. The van der Waals surface area contributed by atoms with Crippen LogP contribution in [0.1, 0.15) is 35.9 Å². The zero-order valence-electron chi connectivity index (χ0n) is 16.5. The minimum Gasteiger partial charge on any atom is -0.338 e. The summed E-state index contributed by atoms with van der Waals surface area (Å²) in [6.07, 6.45) is 5.36. The van der Waals surface area contributed by atoms with Gasteiger partial charge in [0.05, 0.1) is 22.8 Å². The van der Waals surface area contributed by atoms with Crippen molar-refractivity contribution in [3.63, 3.8) is 0 Å². The molecule has 1 unspecified atom stereocenters. The van der Waals surface area contributed by atoms with Gasteiger partial charge in [0, 0.05) is 13.1 Å². The fraction of sp³-hybridized carbons (Fsp3) is 0.333. The highest BCUT2D eigenvalue weighted by Gasteiger charge is 2.31. The topological polar surface area (TPSA) is 36.4 Å². The molecule has 0 spiro atoms. The smallest absolute Gasteiger partial charge is 0.237 e. The number of aromatic nitrogens is 1. The number of hydrogen-bond donors (Lipinski definition) is 0. The fourth-order valence-electron chi connectivity index (χ4n) is 4.41. The average molecular weight is 404 g/mol. The molecule has 148 valence electrons. The van der Waals surface area contributed by atoms with Crippen molar-refractivity contribution in [3.05, 3.63) is 71.2 Å². The Morgan fingerprint density at radius 2 is 1.90 bits per heavy atom. The minimum atomic E-state index is 0.237. The number of carbonyl (C=O) groups is 1. The molecule has 2 aromatic carbocycles. The largest absolute Gasteiger partial charge is 0.338 e. The molecule has 2 aliphatic rings. The molecule has 0 saturated carbocycles. The average Bonchev–Trinajstić information content (AvgIpc) is 3.41. The number of fused-ring (bicyclic) bond motifs is 1. The first-order valence-electron chi connectivity index (χ1n) is 10.4. The Morgan fingerprint density at radius 3 is 2.69 bits per heavy atom. The predicted molar refractivity (Wildman–Crippen MR) is 119 cm³/mol. The first-order valence-corrected chi connectivity index (χ1v) is 11.2. The molecule has 0 radical (unpaired) electrons. The molecule has 3 heterocycles. The highest BCUT2D eigenvalue weighted by Crippen LogP contribution is 2.36. The molecule has 1 saturated heterocycles. The second-order valence-corrected chi connectivity index (χ2v) is 8.90. The Labute approximate surface area is 175 Å². The highest BCUT2D eigenvalue weighted by atomic mass is 32.1. The minimum absolute atomic E-state index is 0.237. The first kappa shape index (κ1) is 18.5. The SMILES string of the molecule is O=C(CN1CCCC1c1nc2ccccc2s1)N1CC=C(c2ccccc2)CC1. The highest BCUT2D eigenvalue weighted by molar-refractivity contribution is 7.18. The van der Waals surface area contributed by atoms with Crippen LogP contribution in [0, 0.1) is 0 Å².